The van der Waals surface area contributed by atoms with E-state index in [9.17, 15) is 14.9 Å². The molecule has 0 spiro atoms. The molecule has 1 unspecified atom stereocenters. The highest BCUT2D eigenvalue weighted by Crippen LogP contribution is 2.23. The number of thiophene rings is 1. The first-order chi connectivity index (χ1) is 16.4. The third-order valence-corrected chi connectivity index (χ3v) is 6.60. The Morgan fingerprint density at radius 2 is 2.09 bits per heavy atom. The number of nitrogens with one attached hydrogen (secondary N) is 1. The van der Waals surface area contributed by atoms with E-state index >= 15 is 0 Å². The van der Waals surface area contributed by atoms with Crippen LogP contribution in [-0.4, -0.2) is 29.2 Å². The summed E-state index contributed by atoms with van der Waals surface area (Å²) in [5, 5.41) is 14.2. The van der Waals surface area contributed by atoms with Crippen LogP contribution in [0.15, 0.2) is 53.4 Å². The highest BCUT2D eigenvalue weighted by Gasteiger charge is 2.20. The Kier molecular flexibility index (Phi) is 7.26. The normalized spacial score (nSPS) is 15.7. The zero-order valence-electron chi connectivity index (χ0n) is 19.0. The Labute approximate surface area is 202 Å². The molecule has 1 N–H and O–H groups in total. The highest BCUT2D eigenvalue weighted by atomic mass is 32.1. The second-order valence-corrected chi connectivity index (χ2v) is 9.03. The van der Waals surface area contributed by atoms with Gasteiger partial charge in [0.25, 0.3) is 5.91 Å². The van der Waals surface area contributed by atoms with Crippen LogP contribution in [0, 0.1) is 25.2 Å². The molecule has 7 nitrogen and oxygen atoms in total. The van der Waals surface area contributed by atoms with Crippen molar-refractivity contribution < 1.29 is 19.1 Å². The van der Waals surface area contributed by atoms with Crippen molar-refractivity contribution in [3.63, 3.8) is 0 Å². The van der Waals surface area contributed by atoms with E-state index < -0.39 is 5.97 Å². The summed E-state index contributed by atoms with van der Waals surface area (Å²) in [7, 11) is 0. The molecule has 1 saturated heterocycles. The van der Waals surface area contributed by atoms with Gasteiger partial charge in [0.2, 0.25) is 0 Å². The molecular weight excluding hydrogens is 450 g/mol. The van der Waals surface area contributed by atoms with Crippen LogP contribution in [0.25, 0.3) is 6.08 Å². The lowest BCUT2D eigenvalue weighted by molar-refractivity contribution is -0.129. The van der Waals surface area contributed by atoms with Gasteiger partial charge < -0.3 is 19.4 Å². The first-order valence-electron chi connectivity index (χ1n) is 11.0. The molecule has 4 rings (SSSR count). The molecule has 1 atom stereocenters. The van der Waals surface area contributed by atoms with Gasteiger partial charge in [-0.2, -0.15) is 5.26 Å². The van der Waals surface area contributed by atoms with Crippen molar-refractivity contribution >= 4 is 35.0 Å². The second kappa shape index (κ2) is 10.5. The van der Waals surface area contributed by atoms with Gasteiger partial charge in [0.05, 0.1) is 11.0 Å². The number of carbonyl (C=O) groups excluding carboxylic acids is 2. The summed E-state index contributed by atoms with van der Waals surface area (Å²) in [5.74, 6) is -0.655. The Balaban J connectivity index is 1.42. The topological polar surface area (TPSA) is 93.4 Å². The summed E-state index contributed by atoms with van der Waals surface area (Å²) in [4.78, 5) is 25.4. The molecule has 0 bridgehead atoms. The number of ether oxygens (including phenoxy) is 2. The molecule has 2 aromatic heterocycles. The zero-order chi connectivity index (χ0) is 24.1. The van der Waals surface area contributed by atoms with E-state index in [2.05, 4.69) is 9.88 Å². The van der Waals surface area contributed by atoms with Crippen LogP contribution < -0.4 is 10.1 Å². The van der Waals surface area contributed by atoms with Crippen LogP contribution in [0.3, 0.4) is 0 Å². The van der Waals surface area contributed by atoms with Gasteiger partial charge in [-0.1, -0.05) is 6.07 Å². The fourth-order valence-electron chi connectivity index (χ4n) is 3.91. The number of amides is 1. The molecule has 174 valence electrons. The van der Waals surface area contributed by atoms with E-state index in [1.165, 1.54) is 11.3 Å². The summed E-state index contributed by atoms with van der Waals surface area (Å²) >= 11 is 1.35. The first-order valence-corrected chi connectivity index (χ1v) is 11.9. The van der Waals surface area contributed by atoms with Gasteiger partial charge in [-0.05, 0) is 80.1 Å². The summed E-state index contributed by atoms with van der Waals surface area (Å²) < 4.78 is 13.3. The zero-order valence-corrected chi connectivity index (χ0v) is 19.9. The molecule has 3 heterocycles. The number of aromatic nitrogens is 1. The van der Waals surface area contributed by atoms with E-state index in [4.69, 9.17) is 9.47 Å². The van der Waals surface area contributed by atoms with E-state index in [0.29, 0.717) is 10.6 Å². The highest BCUT2D eigenvalue weighted by molar-refractivity contribution is 7.12. The summed E-state index contributed by atoms with van der Waals surface area (Å²) in [6.07, 6.45) is 3.87. The van der Waals surface area contributed by atoms with Crippen LogP contribution >= 0.6 is 11.3 Å². The lowest BCUT2D eigenvalue weighted by atomic mass is 10.1. The summed E-state index contributed by atoms with van der Waals surface area (Å²) in [6, 6.07) is 13.9. The standard InChI is InChI=1S/C26H25N3O4S/c1-17-13-19(18(2)29(17)16-23-5-3-11-32-23)14-20(15-27)26(31)33-22-9-7-21(8-10-22)28-25(30)24-6-4-12-34-24/h4,6-10,12-14,23H,3,5,11,16H2,1-2H3,(H,28,30)/b20-14+. The molecular formula is C26H25N3O4S. The number of benzene rings is 1. The molecule has 34 heavy (non-hydrogen) atoms. The van der Waals surface area contributed by atoms with Gasteiger partial charge in [-0.25, -0.2) is 4.79 Å². The van der Waals surface area contributed by atoms with E-state index in [1.54, 1.807) is 36.4 Å². The Morgan fingerprint density at radius 1 is 1.29 bits per heavy atom. The minimum Gasteiger partial charge on any atom is -0.422 e. The smallest absolute Gasteiger partial charge is 0.354 e. The van der Waals surface area contributed by atoms with Crippen molar-refractivity contribution in [1.29, 1.82) is 5.26 Å². The minimum absolute atomic E-state index is 0.0903. The molecule has 0 aliphatic carbocycles. The van der Waals surface area contributed by atoms with Crippen molar-refractivity contribution in [2.24, 2.45) is 0 Å². The molecule has 1 fully saturated rings. The number of aryl methyl sites for hydroxylation is 1. The molecule has 3 aromatic rings. The number of nitrogens with zero attached hydrogens (tertiary/aromatic N) is 2. The third kappa shape index (κ3) is 5.45. The van der Waals surface area contributed by atoms with Gasteiger partial charge in [0.1, 0.15) is 17.4 Å². The molecule has 1 aromatic carbocycles. The third-order valence-electron chi connectivity index (χ3n) is 5.73. The Hall–Kier alpha value is -3.67. The molecule has 1 amide bonds. The van der Waals surface area contributed by atoms with E-state index in [0.717, 1.165) is 42.9 Å². The average molecular weight is 476 g/mol. The van der Waals surface area contributed by atoms with Crippen molar-refractivity contribution in [3.05, 3.63) is 75.2 Å². The van der Waals surface area contributed by atoms with Crippen molar-refractivity contribution in [2.75, 3.05) is 11.9 Å². The number of esters is 1. The fourth-order valence-corrected chi connectivity index (χ4v) is 4.53. The maximum Gasteiger partial charge on any atom is 0.354 e. The average Bonchev–Trinajstić information content (AvgIpc) is 3.59. The van der Waals surface area contributed by atoms with Crippen LogP contribution in [0.4, 0.5) is 5.69 Å². The minimum atomic E-state index is -0.734. The molecule has 0 saturated carbocycles. The molecule has 1 aliphatic heterocycles. The number of rotatable bonds is 7. The Bertz CT molecular complexity index is 1240. The number of anilines is 1. The maximum absolute atomic E-state index is 12.6. The maximum atomic E-state index is 12.6. The number of nitriles is 1. The molecule has 8 heteroatoms. The van der Waals surface area contributed by atoms with Gasteiger partial charge in [-0.3, -0.25) is 4.79 Å². The second-order valence-electron chi connectivity index (χ2n) is 8.09. The number of hydrogen-bond acceptors (Lipinski definition) is 6. The quantitative estimate of drug-likeness (QED) is 0.222. The lowest BCUT2D eigenvalue weighted by Crippen LogP contribution is -2.16. The van der Waals surface area contributed by atoms with Crippen LogP contribution in [0.5, 0.6) is 5.75 Å². The van der Waals surface area contributed by atoms with Crippen molar-refractivity contribution in [3.8, 4) is 11.8 Å². The number of carbonyl (C=O) groups is 2. The molecule has 1 aliphatic rings. The van der Waals surface area contributed by atoms with Crippen LogP contribution in [-0.2, 0) is 16.1 Å². The van der Waals surface area contributed by atoms with Crippen molar-refractivity contribution in [2.45, 2.75) is 39.3 Å². The van der Waals surface area contributed by atoms with Gasteiger partial charge in [0.15, 0.2) is 0 Å². The monoisotopic (exact) mass is 475 g/mol. The van der Waals surface area contributed by atoms with Gasteiger partial charge >= 0.3 is 5.97 Å². The van der Waals surface area contributed by atoms with E-state index in [1.807, 2.05) is 37.4 Å². The van der Waals surface area contributed by atoms with Crippen molar-refractivity contribution in [1.82, 2.24) is 4.57 Å². The fraction of sp³-hybridized carbons (Fsp3) is 0.269. The van der Waals surface area contributed by atoms with Crippen LogP contribution in [0.2, 0.25) is 0 Å². The molecule has 0 radical (unpaired) electrons. The van der Waals surface area contributed by atoms with Crippen LogP contribution in [0.1, 0.15) is 39.5 Å². The summed E-state index contributed by atoms with van der Waals surface area (Å²) in [6.45, 7) is 5.52. The predicted molar refractivity (Wildman–Crippen MR) is 131 cm³/mol. The lowest BCUT2D eigenvalue weighted by Gasteiger charge is -2.14. The first kappa shape index (κ1) is 23.5. The van der Waals surface area contributed by atoms with E-state index in [-0.39, 0.29) is 23.3 Å². The SMILES string of the molecule is Cc1cc(/C=C(\C#N)C(=O)Oc2ccc(NC(=O)c3cccs3)cc2)c(C)n1CC1CCCO1. The summed E-state index contributed by atoms with van der Waals surface area (Å²) in [5.41, 5.74) is 3.31. The van der Waals surface area contributed by atoms with Gasteiger partial charge in [0, 0.05) is 30.2 Å². The predicted octanol–water partition coefficient (Wildman–Crippen LogP) is 5.11. The number of hydrogen-bond donors (Lipinski definition) is 1. The largest absolute Gasteiger partial charge is 0.422 e. The van der Waals surface area contributed by atoms with Gasteiger partial charge in [-0.15, -0.1) is 11.3 Å². The Morgan fingerprint density at radius 3 is 2.74 bits per heavy atom.